The van der Waals surface area contributed by atoms with Gasteiger partial charge in [-0.2, -0.15) is 0 Å². The predicted octanol–water partition coefficient (Wildman–Crippen LogP) is 4.41. The first-order chi connectivity index (χ1) is 11.6. The summed E-state index contributed by atoms with van der Waals surface area (Å²) in [5.74, 6) is -1.36. The zero-order valence-corrected chi connectivity index (χ0v) is 13.0. The molecule has 24 heavy (non-hydrogen) atoms. The maximum atomic E-state index is 12.9. The van der Waals surface area contributed by atoms with E-state index >= 15 is 0 Å². The minimum atomic E-state index is -0.957. The standard InChI is InChI=1S/C20H15FO3/c1-13(19(22)15-9-11-16(21)12-10-15)24-20(23)18-8-4-6-14-5-2-3-7-17(14)18/h2-13H,1H3/t13-/m0/s1. The van der Waals surface area contributed by atoms with Crippen molar-refractivity contribution < 1.29 is 18.7 Å². The first-order valence-corrected chi connectivity index (χ1v) is 7.55. The Bertz CT molecular complexity index is 895. The number of Topliss-reactive ketones (excluding diaryl/α,β-unsaturated/α-hetero) is 1. The summed E-state index contributed by atoms with van der Waals surface area (Å²) >= 11 is 0. The maximum Gasteiger partial charge on any atom is 0.339 e. The molecule has 0 aliphatic heterocycles. The molecule has 0 bridgehead atoms. The van der Waals surface area contributed by atoms with Crippen molar-refractivity contribution in [3.05, 3.63) is 83.7 Å². The van der Waals surface area contributed by atoms with E-state index in [-0.39, 0.29) is 5.78 Å². The molecule has 0 fully saturated rings. The molecule has 3 aromatic rings. The van der Waals surface area contributed by atoms with Gasteiger partial charge in [-0.3, -0.25) is 4.79 Å². The Hall–Kier alpha value is -3.01. The van der Waals surface area contributed by atoms with Gasteiger partial charge in [-0.1, -0.05) is 36.4 Å². The van der Waals surface area contributed by atoms with Gasteiger partial charge < -0.3 is 4.74 Å². The second kappa shape index (κ2) is 6.62. The number of carbonyl (C=O) groups excluding carboxylic acids is 2. The Balaban J connectivity index is 1.80. The van der Waals surface area contributed by atoms with Crippen LogP contribution in [0.15, 0.2) is 66.7 Å². The van der Waals surface area contributed by atoms with E-state index in [9.17, 15) is 14.0 Å². The summed E-state index contributed by atoms with van der Waals surface area (Å²) in [6.45, 7) is 1.51. The Labute approximate surface area is 138 Å². The summed E-state index contributed by atoms with van der Waals surface area (Å²) in [4.78, 5) is 24.7. The molecule has 0 heterocycles. The number of fused-ring (bicyclic) bond motifs is 1. The molecule has 0 N–H and O–H groups in total. The van der Waals surface area contributed by atoms with Gasteiger partial charge in [0, 0.05) is 5.56 Å². The van der Waals surface area contributed by atoms with Gasteiger partial charge >= 0.3 is 5.97 Å². The van der Waals surface area contributed by atoms with Crippen molar-refractivity contribution in [3.63, 3.8) is 0 Å². The lowest BCUT2D eigenvalue weighted by atomic mass is 10.0. The van der Waals surface area contributed by atoms with Gasteiger partial charge in [-0.15, -0.1) is 0 Å². The second-order valence-corrected chi connectivity index (χ2v) is 5.45. The lowest BCUT2D eigenvalue weighted by molar-refractivity contribution is 0.0320. The third-order valence-corrected chi connectivity index (χ3v) is 3.79. The van der Waals surface area contributed by atoms with Crippen molar-refractivity contribution in [3.8, 4) is 0 Å². The number of ketones is 1. The number of esters is 1. The molecule has 0 saturated heterocycles. The van der Waals surface area contributed by atoms with Crippen LogP contribution in [-0.4, -0.2) is 17.9 Å². The van der Waals surface area contributed by atoms with E-state index < -0.39 is 17.9 Å². The summed E-state index contributed by atoms with van der Waals surface area (Å²) in [5, 5.41) is 1.69. The number of rotatable bonds is 4. The molecule has 0 aliphatic carbocycles. The van der Waals surface area contributed by atoms with Gasteiger partial charge in [-0.25, -0.2) is 9.18 Å². The van der Waals surface area contributed by atoms with Crippen molar-refractivity contribution in [2.45, 2.75) is 13.0 Å². The quantitative estimate of drug-likeness (QED) is 0.528. The van der Waals surface area contributed by atoms with Gasteiger partial charge in [0.1, 0.15) is 5.82 Å². The van der Waals surface area contributed by atoms with Crippen molar-refractivity contribution in [1.82, 2.24) is 0 Å². The van der Waals surface area contributed by atoms with Gasteiger partial charge in [0.25, 0.3) is 0 Å². The van der Waals surface area contributed by atoms with Gasteiger partial charge in [-0.05, 0) is 48.0 Å². The van der Waals surface area contributed by atoms with Crippen LogP contribution in [0.4, 0.5) is 4.39 Å². The Morgan fingerprint density at radius 3 is 2.33 bits per heavy atom. The molecule has 0 spiro atoms. The number of ether oxygens (including phenoxy) is 1. The van der Waals surface area contributed by atoms with Crippen LogP contribution in [0.2, 0.25) is 0 Å². The Kier molecular flexibility index (Phi) is 4.38. The van der Waals surface area contributed by atoms with E-state index in [4.69, 9.17) is 4.74 Å². The highest BCUT2D eigenvalue weighted by atomic mass is 19.1. The van der Waals surface area contributed by atoms with Crippen LogP contribution in [0.1, 0.15) is 27.6 Å². The largest absolute Gasteiger partial charge is 0.451 e. The van der Waals surface area contributed by atoms with Crippen LogP contribution in [0.3, 0.4) is 0 Å². The molecule has 3 rings (SSSR count). The highest BCUT2D eigenvalue weighted by molar-refractivity contribution is 6.06. The normalized spacial score (nSPS) is 11.9. The van der Waals surface area contributed by atoms with Crippen LogP contribution in [0.5, 0.6) is 0 Å². The lowest BCUT2D eigenvalue weighted by Crippen LogP contribution is -2.24. The molecule has 0 saturated carbocycles. The Morgan fingerprint density at radius 2 is 1.58 bits per heavy atom. The number of halogens is 1. The minimum absolute atomic E-state index is 0.301. The van der Waals surface area contributed by atoms with Crippen LogP contribution in [-0.2, 0) is 4.74 Å². The molecule has 3 aromatic carbocycles. The summed E-state index contributed by atoms with van der Waals surface area (Å²) in [6.07, 6.45) is -0.957. The fraction of sp³-hybridized carbons (Fsp3) is 0.100. The van der Waals surface area contributed by atoms with E-state index in [1.807, 2.05) is 30.3 Å². The molecule has 0 unspecified atom stereocenters. The lowest BCUT2D eigenvalue weighted by Gasteiger charge is -2.13. The van der Waals surface area contributed by atoms with E-state index in [0.29, 0.717) is 11.1 Å². The number of carbonyl (C=O) groups is 2. The van der Waals surface area contributed by atoms with Crippen molar-refractivity contribution in [1.29, 1.82) is 0 Å². The SMILES string of the molecule is C[C@H](OC(=O)c1cccc2ccccc12)C(=O)c1ccc(F)cc1. The van der Waals surface area contributed by atoms with Gasteiger partial charge in [0.2, 0.25) is 5.78 Å². The van der Waals surface area contributed by atoms with Gasteiger partial charge in [0.05, 0.1) is 5.56 Å². The molecule has 3 nitrogen and oxygen atoms in total. The highest BCUT2D eigenvalue weighted by Gasteiger charge is 2.21. The maximum absolute atomic E-state index is 12.9. The summed E-state index contributed by atoms with van der Waals surface area (Å²) < 4.78 is 18.2. The van der Waals surface area contributed by atoms with E-state index in [0.717, 1.165) is 10.8 Å². The molecule has 120 valence electrons. The summed E-state index contributed by atoms with van der Waals surface area (Å²) in [5.41, 5.74) is 0.710. The molecule has 4 heteroatoms. The summed E-state index contributed by atoms with van der Waals surface area (Å²) in [6, 6.07) is 17.9. The monoisotopic (exact) mass is 322 g/mol. The molecular weight excluding hydrogens is 307 g/mol. The van der Waals surface area contributed by atoms with E-state index in [2.05, 4.69) is 0 Å². The summed E-state index contributed by atoms with van der Waals surface area (Å²) in [7, 11) is 0. The van der Waals surface area contributed by atoms with Crippen LogP contribution in [0.25, 0.3) is 10.8 Å². The zero-order chi connectivity index (χ0) is 17.1. The highest BCUT2D eigenvalue weighted by Crippen LogP contribution is 2.20. The second-order valence-electron chi connectivity index (χ2n) is 5.45. The average molecular weight is 322 g/mol. The fourth-order valence-electron chi connectivity index (χ4n) is 2.53. The number of hydrogen-bond acceptors (Lipinski definition) is 3. The van der Waals surface area contributed by atoms with Crippen molar-refractivity contribution in [2.24, 2.45) is 0 Å². The van der Waals surface area contributed by atoms with E-state index in [1.165, 1.54) is 31.2 Å². The molecule has 0 radical (unpaired) electrons. The third-order valence-electron chi connectivity index (χ3n) is 3.79. The zero-order valence-electron chi connectivity index (χ0n) is 13.0. The van der Waals surface area contributed by atoms with Crippen molar-refractivity contribution in [2.75, 3.05) is 0 Å². The van der Waals surface area contributed by atoms with E-state index in [1.54, 1.807) is 12.1 Å². The first-order valence-electron chi connectivity index (χ1n) is 7.55. The van der Waals surface area contributed by atoms with Crippen LogP contribution < -0.4 is 0 Å². The smallest absolute Gasteiger partial charge is 0.339 e. The molecule has 1 atom stereocenters. The third kappa shape index (κ3) is 3.18. The Morgan fingerprint density at radius 1 is 0.917 bits per heavy atom. The molecule has 0 amide bonds. The number of benzene rings is 3. The topological polar surface area (TPSA) is 43.4 Å². The van der Waals surface area contributed by atoms with Gasteiger partial charge in [0.15, 0.2) is 6.10 Å². The number of hydrogen-bond donors (Lipinski definition) is 0. The molecular formula is C20H15FO3. The molecule has 0 aliphatic rings. The fourth-order valence-corrected chi connectivity index (χ4v) is 2.53. The molecule has 0 aromatic heterocycles. The first kappa shape index (κ1) is 15.9. The minimum Gasteiger partial charge on any atom is -0.451 e. The predicted molar refractivity (Wildman–Crippen MR) is 89.6 cm³/mol. The van der Waals surface area contributed by atoms with Crippen LogP contribution in [0, 0.1) is 5.82 Å². The average Bonchev–Trinajstić information content (AvgIpc) is 2.61. The van der Waals surface area contributed by atoms with Crippen molar-refractivity contribution >= 4 is 22.5 Å². The van der Waals surface area contributed by atoms with Crippen LogP contribution >= 0.6 is 0 Å².